The van der Waals surface area contributed by atoms with Crippen molar-refractivity contribution in [1.82, 2.24) is 36.5 Å². The van der Waals surface area contributed by atoms with Crippen LogP contribution in [-0.4, -0.2) is 36.5 Å². The highest BCUT2D eigenvalue weighted by atomic mass is 15.0. The molecule has 708 valence electrons. The van der Waals surface area contributed by atoms with Crippen molar-refractivity contribution in [1.29, 1.82) is 0 Å². The first-order chi connectivity index (χ1) is 71.6. The number of unbranched alkanes of at least 4 members (excludes halogenated alkanes) is 3. The molecule has 0 N–H and O–H groups in total. The molecule has 8 nitrogen and oxygen atoms in total. The number of rotatable bonds is 22. The lowest BCUT2D eigenvalue weighted by Gasteiger charge is -2.22. The zero-order valence-electron chi connectivity index (χ0n) is 83.5. The minimum atomic E-state index is 0.698. The van der Waals surface area contributed by atoms with E-state index in [2.05, 4.69) is 473 Å². The van der Waals surface area contributed by atoms with Crippen molar-refractivity contribution in [3.63, 3.8) is 0 Å². The minimum Gasteiger partial charge on any atom is -0.340 e. The molecule has 0 atom stereocenters. The summed E-state index contributed by atoms with van der Waals surface area (Å²) in [5.74, 6) is 0.698. The molecular formula is C137H120N8. The van der Waals surface area contributed by atoms with Gasteiger partial charge in [-0.3, -0.25) is 0 Å². The van der Waals surface area contributed by atoms with Gasteiger partial charge in [0.25, 0.3) is 0 Å². The number of nitrogens with zero attached hydrogens (tertiary/aromatic N) is 8. The maximum atomic E-state index is 4.22. The predicted octanol–water partition coefficient (Wildman–Crippen LogP) is 37.5. The highest BCUT2D eigenvalue weighted by molar-refractivity contribution is 6.30. The van der Waals surface area contributed by atoms with Gasteiger partial charge in [-0.05, 0) is 241 Å². The molecule has 0 aliphatic heterocycles. The predicted molar refractivity (Wildman–Crippen MR) is 626 cm³/mol. The highest BCUT2D eigenvalue weighted by Crippen LogP contribution is 2.49. The standard InChI is InChI=1S/C41H40N2.C34H26N2.C32H28N2.C30H26N2/c1-4-7-12-30-21-24-37-36(26-30)34-23-25-38-40(41(34)42(37)28-32-18-16-29(6-3)17-19-32)35-22-20-31(13-8-5-2)27-39(35)43(38)33-14-10-9-11-15-33;1-3-24-14-16-25(17-15-24)22-35-30-12-8-7-11-27(30)28-19-20-31-33(34(28)35)29-18-13-23(2)21-32(29)36(31)26-9-5-4-6-10-26;1-2-33-28-19-17-23(22-11-5-3-6-12-22)21-27(28)25-18-20-30-31(32(25)33)26-15-9-10-16-29(26)34(30)24-13-7-4-8-14-24;1-3-5-20-31-26-12-8-7-11-25(26)29-28(31)19-18-24-23-10-6-9-13-27(23)32(30(24)29)22-16-14-21(4-2)15-17-22/h6,9-11,14-27H,3-5,7-8,12-13,28H2,1-2H3;3-21H,1,22H2,2H3;2,4,7-10,13-22H,1,3,5-6,11-12H2;4,6-19H,2-3,5,20H2,1H3. The molecule has 8 aromatic heterocycles. The van der Waals surface area contributed by atoms with Crippen LogP contribution in [-0.2, 0) is 32.5 Å². The molecule has 0 unspecified atom stereocenters. The van der Waals surface area contributed by atoms with Crippen LogP contribution in [0.3, 0.4) is 0 Å². The van der Waals surface area contributed by atoms with Crippen LogP contribution in [0.25, 0.3) is 222 Å². The third-order valence-corrected chi connectivity index (χ3v) is 31.1. The number of benzene rings is 18. The van der Waals surface area contributed by atoms with Gasteiger partial charge in [0, 0.05) is 151 Å². The van der Waals surface area contributed by atoms with Crippen molar-refractivity contribution in [3.8, 4) is 22.7 Å². The number of hydrogen-bond donors (Lipinski definition) is 0. The quantitative estimate of drug-likeness (QED) is 0.0649. The van der Waals surface area contributed by atoms with Gasteiger partial charge in [-0.1, -0.05) is 353 Å². The summed E-state index contributed by atoms with van der Waals surface area (Å²) in [6.45, 7) is 27.6. The van der Waals surface area contributed by atoms with Gasteiger partial charge in [0.1, 0.15) is 0 Å². The first kappa shape index (κ1) is 90.8. The molecular weight excluding hydrogens is 1760 g/mol. The highest BCUT2D eigenvalue weighted by Gasteiger charge is 2.28. The normalized spacial score (nSPS) is 12.5. The first-order valence-corrected chi connectivity index (χ1v) is 52.4. The summed E-state index contributed by atoms with van der Waals surface area (Å²) < 4.78 is 19.6. The van der Waals surface area contributed by atoms with E-state index in [9.17, 15) is 0 Å². The Morgan fingerprint density at radius 3 is 1.16 bits per heavy atom. The van der Waals surface area contributed by atoms with Gasteiger partial charge in [-0.25, -0.2) is 0 Å². The van der Waals surface area contributed by atoms with Crippen LogP contribution in [0.15, 0.2) is 408 Å². The second kappa shape index (κ2) is 39.0. The smallest absolute Gasteiger partial charge is 0.0641 e. The Balaban J connectivity index is 0.000000104. The van der Waals surface area contributed by atoms with Gasteiger partial charge >= 0.3 is 0 Å². The Kier molecular flexibility index (Phi) is 24.4. The SMILES string of the molecule is C=Cc1ccc(-n2c3ccccc3c3ccc4c(c5ccccc5n4CCCC)c32)cc1.C=Cc1ccc(Cn2c3ccc(CCCC)cc3c3ccc4c(c5ccc(CCCC)cc5n4-c4ccccc4)c32)cc1.C=Cc1ccc(Cn2c3ccccc3c3ccc4c(c5ccc(C)cc5n4-c4ccccc4)c32)cc1.C=Cn1c2ccc(C3CCCCC3)cc2c2ccc3c(c4ccccc4n3-c3ccccc3)c21. The van der Waals surface area contributed by atoms with Crippen LogP contribution in [0.2, 0.25) is 0 Å². The van der Waals surface area contributed by atoms with Crippen molar-refractivity contribution in [2.75, 3.05) is 0 Å². The van der Waals surface area contributed by atoms with Crippen LogP contribution in [0.5, 0.6) is 0 Å². The summed E-state index contributed by atoms with van der Waals surface area (Å²) in [5, 5.41) is 21.1. The summed E-state index contributed by atoms with van der Waals surface area (Å²) >= 11 is 0. The van der Waals surface area contributed by atoms with E-state index < -0.39 is 0 Å². The lowest BCUT2D eigenvalue weighted by atomic mass is 9.84. The van der Waals surface area contributed by atoms with Gasteiger partial charge in [-0.15, -0.1) is 0 Å². The van der Waals surface area contributed by atoms with Crippen LogP contribution in [0.1, 0.15) is 147 Å². The molecule has 18 aromatic carbocycles. The maximum Gasteiger partial charge on any atom is 0.0641 e. The van der Waals surface area contributed by atoms with Crippen molar-refractivity contribution in [2.45, 2.75) is 137 Å². The summed E-state index contributed by atoms with van der Waals surface area (Å²) in [6.07, 6.45) is 23.9. The Bertz CT molecular complexity index is 9480. The van der Waals surface area contributed by atoms with E-state index in [0.29, 0.717) is 5.92 Å². The number of aromatic nitrogens is 8. The Morgan fingerprint density at radius 2 is 0.621 bits per heavy atom. The molecule has 1 aliphatic rings. The van der Waals surface area contributed by atoms with Crippen LogP contribution >= 0.6 is 0 Å². The van der Waals surface area contributed by atoms with E-state index >= 15 is 0 Å². The number of aryl methyl sites for hydroxylation is 4. The van der Waals surface area contributed by atoms with Crippen LogP contribution in [0.4, 0.5) is 0 Å². The molecule has 26 aromatic rings. The van der Waals surface area contributed by atoms with E-state index in [4.69, 9.17) is 0 Å². The largest absolute Gasteiger partial charge is 0.340 e. The summed E-state index contributed by atoms with van der Waals surface area (Å²) in [6, 6.07) is 141. The molecule has 0 radical (unpaired) electrons. The Labute approximate surface area is 847 Å². The van der Waals surface area contributed by atoms with Crippen molar-refractivity contribution < 1.29 is 0 Å². The average molecular weight is 1880 g/mol. The zero-order chi connectivity index (χ0) is 97.9. The van der Waals surface area contributed by atoms with E-state index in [-0.39, 0.29) is 0 Å². The second-order valence-electron chi connectivity index (χ2n) is 39.8. The molecule has 0 bridgehead atoms. The second-order valence-corrected chi connectivity index (χ2v) is 39.8. The van der Waals surface area contributed by atoms with E-state index in [1.165, 1.54) is 301 Å². The fraction of sp³-hybridized carbons (Fsp3) is 0.153. The van der Waals surface area contributed by atoms with Crippen molar-refractivity contribution in [2.24, 2.45) is 0 Å². The molecule has 1 saturated carbocycles. The molecule has 0 saturated heterocycles. The maximum absolute atomic E-state index is 4.22. The van der Waals surface area contributed by atoms with Crippen molar-refractivity contribution in [3.05, 3.63) is 459 Å². The lowest BCUT2D eigenvalue weighted by molar-refractivity contribution is 0.444. The number of hydrogen-bond acceptors (Lipinski definition) is 0. The van der Waals surface area contributed by atoms with E-state index in [1.54, 1.807) is 0 Å². The summed E-state index contributed by atoms with van der Waals surface area (Å²) in [4.78, 5) is 0. The zero-order valence-corrected chi connectivity index (χ0v) is 83.5. The van der Waals surface area contributed by atoms with Gasteiger partial charge in [-0.2, -0.15) is 0 Å². The van der Waals surface area contributed by atoms with Gasteiger partial charge in [0.15, 0.2) is 0 Å². The average Bonchev–Trinajstić information content (AvgIpc) is 1.56. The number of para-hydroxylation sites is 7. The van der Waals surface area contributed by atoms with E-state index in [1.807, 2.05) is 24.4 Å². The Morgan fingerprint density at radius 1 is 0.255 bits per heavy atom. The third kappa shape index (κ3) is 16.0. The molecule has 1 fully saturated rings. The molecule has 8 heterocycles. The molecule has 0 spiro atoms. The monoisotopic (exact) mass is 1880 g/mol. The lowest BCUT2D eigenvalue weighted by Crippen LogP contribution is -2.04. The van der Waals surface area contributed by atoms with Gasteiger partial charge in [0.2, 0.25) is 0 Å². The molecule has 0 amide bonds. The fourth-order valence-corrected chi connectivity index (χ4v) is 24.1. The summed E-state index contributed by atoms with van der Waals surface area (Å²) in [7, 11) is 0. The van der Waals surface area contributed by atoms with Crippen LogP contribution in [0, 0.1) is 6.92 Å². The molecule has 27 rings (SSSR count). The topological polar surface area (TPSA) is 39.4 Å². The summed E-state index contributed by atoms with van der Waals surface area (Å²) in [5.41, 5.74) is 36.7. The van der Waals surface area contributed by atoms with Gasteiger partial charge < -0.3 is 36.5 Å². The Hall–Kier alpha value is -16.7. The van der Waals surface area contributed by atoms with E-state index in [0.717, 1.165) is 49.2 Å². The van der Waals surface area contributed by atoms with Gasteiger partial charge in [0.05, 0.1) is 71.7 Å². The first-order valence-electron chi connectivity index (χ1n) is 52.4. The molecule has 1 aliphatic carbocycles. The fourth-order valence-electron chi connectivity index (χ4n) is 24.1. The minimum absolute atomic E-state index is 0.698. The molecule has 145 heavy (non-hydrogen) atoms. The third-order valence-electron chi connectivity index (χ3n) is 31.1. The molecule has 8 heteroatoms. The number of fused-ring (bicyclic) bond motifs is 28. The van der Waals surface area contributed by atoms with Crippen LogP contribution < -0.4 is 0 Å². The van der Waals surface area contributed by atoms with Crippen molar-refractivity contribution >= 4 is 199 Å².